The van der Waals surface area contributed by atoms with Crippen molar-refractivity contribution >= 4 is 17.4 Å². The molecule has 138 valence electrons. The van der Waals surface area contributed by atoms with Crippen LogP contribution in [0, 0.1) is 5.82 Å². The van der Waals surface area contributed by atoms with Crippen LogP contribution in [0.3, 0.4) is 0 Å². The van der Waals surface area contributed by atoms with Crippen molar-refractivity contribution in [3.05, 3.63) is 78.0 Å². The molecule has 2 aromatic carbocycles. The van der Waals surface area contributed by atoms with E-state index in [2.05, 4.69) is 20.6 Å². The molecule has 1 amide bonds. The van der Waals surface area contributed by atoms with Gasteiger partial charge < -0.3 is 15.4 Å². The summed E-state index contributed by atoms with van der Waals surface area (Å²) in [4.78, 5) is 20.4. The molecular formula is C20H19FN4O2. The van der Waals surface area contributed by atoms with Gasteiger partial charge in [-0.1, -0.05) is 12.1 Å². The largest absolute Gasteiger partial charge is 0.494 e. The van der Waals surface area contributed by atoms with Gasteiger partial charge in [-0.05, 0) is 48.9 Å². The maximum Gasteiger partial charge on any atom is 0.270 e. The minimum absolute atomic E-state index is 0.237. The SMILES string of the molecule is CCOc1ccc(Nc2cc(C(=O)NCc3ccc(F)cc3)ncn2)cc1. The topological polar surface area (TPSA) is 76.1 Å². The zero-order valence-corrected chi connectivity index (χ0v) is 14.8. The van der Waals surface area contributed by atoms with Crippen LogP contribution in [0.15, 0.2) is 60.9 Å². The van der Waals surface area contributed by atoms with Crippen LogP contribution in [-0.4, -0.2) is 22.5 Å². The monoisotopic (exact) mass is 366 g/mol. The molecular weight excluding hydrogens is 347 g/mol. The Morgan fingerprint density at radius 2 is 1.81 bits per heavy atom. The van der Waals surface area contributed by atoms with Crippen LogP contribution in [0.5, 0.6) is 5.75 Å². The number of halogens is 1. The van der Waals surface area contributed by atoms with Crippen molar-refractivity contribution < 1.29 is 13.9 Å². The van der Waals surface area contributed by atoms with E-state index in [1.165, 1.54) is 18.5 Å². The van der Waals surface area contributed by atoms with E-state index in [0.29, 0.717) is 12.4 Å². The second kappa shape index (κ2) is 8.75. The highest BCUT2D eigenvalue weighted by Crippen LogP contribution is 2.19. The minimum atomic E-state index is -0.337. The standard InChI is InChI=1S/C20H19FN4O2/c1-2-27-17-9-7-16(8-10-17)25-19-11-18(23-13-24-19)20(26)22-12-14-3-5-15(21)6-4-14/h3-11,13H,2,12H2,1H3,(H,22,26)(H,23,24,25). The van der Waals surface area contributed by atoms with Crippen molar-refractivity contribution in [1.82, 2.24) is 15.3 Å². The number of nitrogens with zero attached hydrogens (tertiary/aromatic N) is 2. The first-order chi connectivity index (χ1) is 13.1. The van der Waals surface area contributed by atoms with Gasteiger partial charge in [0.25, 0.3) is 5.91 Å². The summed E-state index contributed by atoms with van der Waals surface area (Å²) in [5.74, 6) is 0.634. The first-order valence-corrected chi connectivity index (χ1v) is 8.48. The van der Waals surface area contributed by atoms with Crippen molar-refractivity contribution in [2.24, 2.45) is 0 Å². The maximum absolute atomic E-state index is 12.9. The van der Waals surface area contributed by atoms with Crippen LogP contribution in [0.2, 0.25) is 0 Å². The molecule has 0 saturated heterocycles. The second-order valence-electron chi connectivity index (χ2n) is 5.68. The average Bonchev–Trinajstić information content (AvgIpc) is 2.69. The van der Waals surface area contributed by atoms with Crippen LogP contribution in [0.1, 0.15) is 23.0 Å². The van der Waals surface area contributed by atoms with E-state index in [1.807, 2.05) is 31.2 Å². The molecule has 7 heteroatoms. The Labute approximate surface area is 156 Å². The van der Waals surface area contributed by atoms with Gasteiger partial charge in [-0.25, -0.2) is 14.4 Å². The summed E-state index contributed by atoms with van der Waals surface area (Å²) in [6.45, 7) is 2.82. The number of ether oxygens (including phenoxy) is 1. The number of nitrogens with one attached hydrogen (secondary N) is 2. The first kappa shape index (κ1) is 18.3. The van der Waals surface area contributed by atoms with Crippen molar-refractivity contribution in [1.29, 1.82) is 0 Å². The Morgan fingerprint density at radius 1 is 1.07 bits per heavy atom. The van der Waals surface area contributed by atoms with E-state index >= 15 is 0 Å². The second-order valence-corrected chi connectivity index (χ2v) is 5.68. The third-order valence-electron chi connectivity index (χ3n) is 3.70. The van der Waals surface area contributed by atoms with E-state index < -0.39 is 0 Å². The van der Waals surface area contributed by atoms with Crippen LogP contribution in [-0.2, 0) is 6.54 Å². The van der Waals surface area contributed by atoms with Crippen LogP contribution >= 0.6 is 0 Å². The third kappa shape index (κ3) is 5.24. The van der Waals surface area contributed by atoms with E-state index in [1.54, 1.807) is 18.2 Å². The van der Waals surface area contributed by atoms with Gasteiger partial charge in [0.15, 0.2) is 0 Å². The molecule has 0 atom stereocenters. The molecule has 2 N–H and O–H groups in total. The number of anilines is 2. The van der Waals surface area contributed by atoms with E-state index in [9.17, 15) is 9.18 Å². The van der Waals surface area contributed by atoms with Gasteiger partial charge in [-0.3, -0.25) is 4.79 Å². The number of carbonyl (C=O) groups excluding carboxylic acids is 1. The van der Waals surface area contributed by atoms with Crippen molar-refractivity contribution in [3.63, 3.8) is 0 Å². The lowest BCUT2D eigenvalue weighted by atomic mass is 10.2. The van der Waals surface area contributed by atoms with Crippen molar-refractivity contribution in [2.75, 3.05) is 11.9 Å². The summed E-state index contributed by atoms with van der Waals surface area (Å²) in [6.07, 6.45) is 1.32. The molecule has 0 fully saturated rings. The molecule has 0 spiro atoms. The smallest absolute Gasteiger partial charge is 0.270 e. The van der Waals surface area contributed by atoms with Gasteiger partial charge in [-0.2, -0.15) is 0 Å². The fourth-order valence-electron chi connectivity index (χ4n) is 2.37. The first-order valence-electron chi connectivity index (χ1n) is 8.48. The van der Waals surface area contributed by atoms with Crippen LogP contribution < -0.4 is 15.4 Å². The van der Waals surface area contributed by atoms with E-state index in [4.69, 9.17) is 4.74 Å². The Morgan fingerprint density at radius 3 is 2.52 bits per heavy atom. The van der Waals surface area contributed by atoms with Gasteiger partial charge in [0, 0.05) is 18.3 Å². The Bertz CT molecular complexity index is 899. The summed E-state index contributed by atoms with van der Waals surface area (Å²) in [5.41, 5.74) is 1.85. The summed E-state index contributed by atoms with van der Waals surface area (Å²) < 4.78 is 18.3. The van der Waals surface area contributed by atoms with E-state index in [-0.39, 0.29) is 24.0 Å². The number of aromatic nitrogens is 2. The molecule has 0 radical (unpaired) electrons. The highest BCUT2D eigenvalue weighted by molar-refractivity contribution is 5.92. The Balaban J connectivity index is 1.62. The molecule has 0 unspecified atom stereocenters. The lowest BCUT2D eigenvalue weighted by molar-refractivity contribution is 0.0946. The zero-order chi connectivity index (χ0) is 19.1. The van der Waals surface area contributed by atoms with Gasteiger partial charge in [0.1, 0.15) is 29.4 Å². The molecule has 3 rings (SSSR count). The van der Waals surface area contributed by atoms with Gasteiger partial charge in [0.05, 0.1) is 6.61 Å². The fourth-order valence-corrected chi connectivity index (χ4v) is 2.37. The lowest BCUT2D eigenvalue weighted by Crippen LogP contribution is -2.24. The number of hydrogen-bond donors (Lipinski definition) is 2. The molecule has 0 aliphatic carbocycles. The third-order valence-corrected chi connectivity index (χ3v) is 3.70. The number of rotatable bonds is 7. The Kier molecular flexibility index (Phi) is 5.94. The number of benzene rings is 2. The summed E-state index contributed by atoms with van der Waals surface area (Å²) in [5, 5.41) is 5.87. The number of amides is 1. The summed E-state index contributed by atoms with van der Waals surface area (Å²) in [7, 11) is 0. The molecule has 1 heterocycles. The van der Waals surface area contributed by atoms with Gasteiger partial charge in [-0.15, -0.1) is 0 Å². The van der Waals surface area contributed by atoms with Crippen LogP contribution in [0.25, 0.3) is 0 Å². The molecule has 0 bridgehead atoms. The van der Waals surface area contributed by atoms with Crippen molar-refractivity contribution in [3.8, 4) is 5.75 Å². The molecule has 27 heavy (non-hydrogen) atoms. The summed E-state index contributed by atoms with van der Waals surface area (Å²) >= 11 is 0. The average molecular weight is 366 g/mol. The lowest BCUT2D eigenvalue weighted by Gasteiger charge is -2.09. The molecule has 0 saturated carbocycles. The van der Waals surface area contributed by atoms with Gasteiger partial charge >= 0.3 is 0 Å². The van der Waals surface area contributed by atoms with Gasteiger partial charge in [0.2, 0.25) is 0 Å². The molecule has 3 aromatic rings. The quantitative estimate of drug-likeness (QED) is 0.667. The highest BCUT2D eigenvalue weighted by atomic mass is 19.1. The molecule has 0 aliphatic heterocycles. The fraction of sp³-hybridized carbons (Fsp3) is 0.150. The molecule has 0 aliphatic rings. The highest BCUT2D eigenvalue weighted by Gasteiger charge is 2.09. The molecule has 6 nitrogen and oxygen atoms in total. The zero-order valence-electron chi connectivity index (χ0n) is 14.8. The normalized spacial score (nSPS) is 10.3. The predicted molar refractivity (Wildman–Crippen MR) is 100 cm³/mol. The predicted octanol–water partition coefficient (Wildman–Crippen LogP) is 3.69. The Hall–Kier alpha value is -3.48. The maximum atomic E-state index is 12.9. The number of carbonyl (C=O) groups is 1. The molecule has 1 aromatic heterocycles. The summed E-state index contributed by atoms with van der Waals surface area (Å²) in [6, 6.07) is 14.9. The van der Waals surface area contributed by atoms with Crippen molar-refractivity contribution in [2.45, 2.75) is 13.5 Å². The van der Waals surface area contributed by atoms with Crippen LogP contribution in [0.4, 0.5) is 15.9 Å². The van der Waals surface area contributed by atoms with E-state index in [0.717, 1.165) is 17.0 Å². The minimum Gasteiger partial charge on any atom is -0.494 e. The number of hydrogen-bond acceptors (Lipinski definition) is 5.